The van der Waals surface area contributed by atoms with Gasteiger partial charge in [-0.2, -0.15) is 49.5 Å². The van der Waals surface area contributed by atoms with Crippen molar-refractivity contribution < 1.29 is 39.0 Å². The monoisotopic (exact) mass is 422 g/mol. The molecule has 0 fully saturated rings. The molecule has 0 spiro atoms. The van der Waals surface area contributed by atoms with E-state index < -0.39 is 0 Å². The van der Waals surface area contributed by atoms with Gasteiger partial charge in [0.05, 0.1) is 0 Å². The van der Waals surface area contributed by atoms with Crippen LogP contribution in [-0.4, -0.2) is 9.97 Å². The summed E-state index contributed by atoms with van der Waals surface area (Å²) >= 11 is 0. The topological polar surface area (TPSA) is 31.6 Å². The third kappa shape index (κ3) is 36.0. The van der Waals surface area contributed by atoms with Crippen molar-refractivity contribution in [1.82, 2.24) is 9.97 Å². The van der Waals surface area contributed by atoms with Crippen LogP contribution in [0, 0.1) is 26.2 Å². The minimum Gasteiger partial charge on any atom is -0.484 e. The average Bonchev–Trinajstić information content (AvgIpc) is 3.00. The van der Waals surface area contributed by atoms with Crippen LogP contribution < -0.4 is 0 Å². The Labute approximate surface area is 138 Å². The zero-order chi connectivity index (χ0) is 12.5. The summed E-state index contributed by atoms with van der Waals surface area (Å²) in [6.45, 7) is 11.0. The number of H-pyrrole nitrogens is 2. The Morgan fingerprint density at radius 2 is 1.17 bits per heavy atom. The fraction of sp³-hybridized carbons (Fsp3) is 0.286. The Morgan fingerprint density at radius 1 is 0.889 bits per heavy atom. The molecule has 0 unspecified atom stereocenters. The van der Waals surface area contributed by atoms with E-state index in [1.165, 1.54) is 0 Å². The van der Waals surface area contributed by atoms with Gasteiger partial charge in [0.15, 0.2) is 0 Å². The number of nitrogens with one attached hydrogen (secondary N) is 2. The predicted octanol–water partition coefficient (Wildman–Crippen LogP) is 4.09. The quantitative estimate of drug-likeness (QED) is 0.475. The maximum absolute atomic E-state index is 3.49. The molecule has 0 aromatic carbocycles. The number of aromatic amines is 2. The van der Waals surface area contributed by atoms with Crippen molar-refractivity contribution in [2.75, 3.05) is 0 Å². The Kier molecular flexibility index (Phi) is 44.2. The summed E-state index contributed by atoms with van der Waals surface area (Å²) in [4.78, 5) is 5.47. The minimum absolute atomic E-state index is 0. The first-order valence-electron chi connectivity index (χ1n) is 5.40. The summed E-state index contributed by atoms with van der Waals surface area (Å²) < 4.78 is 0. The maximum Gasteiger partial charge on any atom is 4.00 e. The van der Waals surface area contributed by atoms with Crippen LogP contribution in [0.3, 0.4) is 0 Å². The van der Waals surface area contributed by atoms with Crippen LogP contribution in [0.5, 0.6) is 0 Å². The van der Waals surface area contributed by atoms with Crippen LogP contribution in [0.1, 0.15) is 26.7 Å². The molecule has 0 aliphatic heterocycles. The Morgan fingerprint density at radius 3 is 1.22 bits per heavy atom. The first-order chi connectivity index (χ1) is 7.83. The predicted molar refractivity (Wildman–Crippen MR) is 70.6 cm³/mol. The van der Waals surface area contributed by atoms with Crippen LogP contribution in [0.25, 0.3) is 0 Å². The fourth-order valence-electron chi connectivity index (χ4n) is 0.481. The van der Waals surface area contributed by atoms with Crippen molar-refractivity contribution in [3.63, 3.8) is 0 Å². The molecule has 2 nitrogen and oxygen atoms in total. The van der Waals surface area contributed by atoms with E-state index in [0.717, 1.165) is 12.8 Å². The van der Waals surface area contributed by atoms with E-state index in [2.05, 4.69) is 36.2 Å². The molecule has 2 N–H and O–H groups in total. The van der Waals surface area contributed by atoms with E-state index in [9.17, 15) is 0 Å². The molecule has 2 heterocycles. The van der Waals surface area contributed by atoms with Gasteiger partial charge in [-0.15, -0.1) is 12.4 Å². The molecule has 2 rings (SSSR count). The van der Waals surface area contributed by atoms with Gasteiger partial charge in [-0.05, 0) is 0 Å². The fourth-order valence-corrected chi connectivity index (χ4v) is 0.481. The molecule has 0 saturated heterocycles. The average molecular weight is 420 g/mol. The van der Waals surface area contributed by atoms with Crippen LogP contribution >= 0.6 is 0 Å². The summed E-state index contributed by atoms with van der Waals surface area (Å²) in [5, 5.41) is 0. The van der Waals surface area contributed by atoms with E-state index in [-0.39, 0.29) is 39.0 Å². The zero-order valence-electron chi connectivity index (χ0n) is 11.0. The van der Waals surface area contributed by atoms with Gasteiger partial charge in [0.1, 0.15) is 0 Å². The summed E-state index contributed by atoms with van der Waals surface area (Å²) in [7, 11) is 0. The molecule has 0 amide bonds. The number of hydrogen-bond acceptors (Lipinski definition) is 0. The summed E-state index contributed by atoms with van der Waals surface area (Å²) in [5.74, 6) is 0. The zero-order valence-corrected chi connectivity index (χ0v) is 14.5. The van der Waals surface area contributed by atoms with Gasteiger partial charge in [-0.1, -0.05) is 13.8 Å². The summed E-state index contributed by atoms with van der Waals surface area (Å²) in [5.41, 5.74) is 0. The third-order valence-corrected chi connectivity index (χ3v) is 0.885. The van der Waals surface area contributed by atoms with Gasteiger partial charge in [-0.3, -0.25) is 0 Å². The van der Waals surface area contributed by atoms with Crippen molar-refractivity contribution in [1.29, 1.82) is 0 Å². The van der Waals surface area contributed by atoms with Crippen LogP contribution in [0.15, 0.2) is 36.7 Å². The first kappa shape index (κ1) is 26.4. The van der Waals surface area contributed by atoms with Crippen LogP contribution in [0.2, 0.25) is 0 Å². The maximum atomic E-state index is 3.49. The molecular weight excluding hydrogens is 398 g/mol. The first-order valence-corrected chi connectivity index (χ1v) is 5.40. The molecular formula is C14H22N2Ru2. The standard InChI is InChI=1S/2C4H4N.2C3H7.2Ru/c2*1-2-4-5-3-1;2*1-3-2;;/h2*1-3,5H;2*1,3H2,2H3;;/q4*-1;;+4. The Bertz CT molecular complexity index is 180. The number of rotatable bonds is 0. The van der Waals surface area contributed by atoms with Crippen molar-refractivity contribution in [3.8, 4) is 0 Å². The van der Waals surface area contributed by atoms with E-state index in [0.29, 0.717) is 0 Å². The molecule has 2 aromatic rings. The van der Waals surface area contributed by atoms with Crippen molar-refractivity contribution in [3.05, 3.63) is 62.9 Å². The molecule has 0 radical (unpaired) electrons. The summed E-state index contributed by atoms with van der Waals surface area (Å²) in [6, 6.07) is 7.42. The second-order valence-electron chi connectivity index (χ2n) is 2.63. The van der Waals surface area contributed by atoms with Gasteiger partial charge < -0.3 is 23.8 Å². The molecule has 0 aliphatic rings. The van der Waals surface area contributed by atoms with Gasteiger partial charge in [0.25, 0.3) is 0 Å². The second kappa shape index (κ2) is 30.1. The van der Waals surface area contributed by atoms with Gasteiger partial charge in [0, 0.05) is 19.5 Å². The molecule has 0 saturated carbocycles. The smallest absolute Gasteiger partial charge is 0.484 e. The molecule has 4 heteroatoms. The van der Waals surface area contributed by atoms with E-state index >= 15 is 0 Å². The molecule has 18 heavy (non-hydrogen) atoms. The normalized spacial score (nSPS) is 6.44. The van der Waals surface area contributed by atoms with E-state index in [1.807, 2.05) is 50.5 Å². The molecule has 0 bridgehead atoms. The SMILES string of the molecule is [CH2-]CC.[CH2-]CC.[Ru+4].[Ru].[c-]1ccc[nH]1.[c-]1ccc[nH]1. The number of hydrogen-bond donors (Lipinski definition) is 2. The van der Waals surface area contributed by atoms with Gasteiger partial charge >= 0.3 is 19.5 Å². The number of aromatic nitrogens is 2. The van der Waals surface area contributed by atoms with Gasteiger partial charge in [0.2, 0.25) is 0 Å². The third-order valence-electron chi connectivity index (χ3n) is 0.885. The van der Waals surface area contributed by atoms with Gasteiger partial charge in [-0.25, -0.2) is 0 Å². The molecule has 0 aliphatic carbocycles. The molecule has 2 aromatic heterocycles. The van der Waals surface area contributed by atoms with Crippen LogP contribution in [-0.2, 0) is 39.0 Å². The molecule has 104 valence electrons. The van der Waals surface area contributed by atoms with E-state index in [1.54, 1.807) is 0 Å². The van der Waals surface area contributed by atoms with Crippen molar-refractivity contribution in [2.45, 2.75) is 26.7 Å². The Balaban J connectivity index is -0.0000000725. The second-order valence-corrected chi connectivity index (χ2v) is 2.63. The largest absolute Gasteiger partial charge is 4.00 e. The Hall–Kier alpha value is -0.193. The molecule has 0 atom stereocenters. The summed E-state index contributed by atoms with van der Waals surface area (Å²) in [6.07, 6.45) is 11.1. The van der Waals surface area contributed by atoms with Crippen LogP contribution in [0.4, 0.5) is 0 Å². The minimum atomic E-state index is 0. The van der Waals surface area contributed by atoms with Crippen molar-refractivity contribution in [2.24, 2.45) is 0 Å². The van der Waals surface area contributed by atoms with E-state index in [4.69, 9.17) is 0 Å². The van der Waals surface area contributed by atoms with Crippen molar-refractivity contribution >= 4 is 0 Å².